The van der Waals surface area contributed by atoms with E-state index in [1.165, 1.54) is 42.5 Å². The summed E-state index contributed by atoms with van der Waals surface area (Å²) < 4.78 is 0. The molecule has 6 heteroatoms. The summed E-state index contributed by atoms with van der Waals surface area (Å²) in [4.78, 5) is 20.1. The summed E-state index contributed by atoms with van der Waals surface area (Å²) in [6.07, 6.45) is 7.63. The SMILES string of the molecule is CN=C(NCCC1CCCC(C)C1)NCC(=O)N1CCc2sccc2C1. The lowest BCUT2D eigenvalue weighted by molar-refractivity contribution is -0.130. The van der Waals surface area contributed by atoms with Crippen LogP contribution in [0, 0.1) is 11.8 Å². The van der Waals surface area contributed by atoms with Gasteiger partial charge >= 0.3 is 0 Å². The van der Waals surface area contributed by atoms with E-state index in [4.69, 9.17) is 0 Å². The van der Waals surface area contributed by atoms with E-state index in [9.17, 15) is 4.79 Å². The zero-order valence-electron chi connectivity index (χ0n) is 16.1. The van der Waals surface area contributed by atoms with Crippen LogP contribution in [-0.4, -0.2) is 43.4 Å². The van der Waals surface area contributed by atoms with Gasteiger partial charge in [0.1, 0.15) is 0 Å². The number of nitrogens with one attached hydrogen (secondary N) is 2. The second-order valence-corrected chi connectivity index (χ2v) is 8.71. The Labute approximate surface area is 161 Å². The molecule has 0 spiro atoms. The van der Waals surface area contributed by atoms with Gasteiger partial charge in [-0.15, -0.1) is 11.3 Å². The van der Waals surface area contributed by atoms with E-state index in [0.717, 1.165) is 43.9 Å². The van der Waals surface area contributed by atoms with Crippen LogP contribution in [0.15, 0.2) is 16.4 Å². The number of nitrogens with zero attached hydrogens (tertiary/aromatic N) is 2. The quantitative estimate of drug-likeness (QED) is 0.613. The molecule has 5 nitrogen and oxygen atoms in total. The smallest absolute Gasteiger partial charge is 0.242 e. The number of amides is 1. The van der Waals surface area contributed by atoms with Crippen molar-refractivity contribution in [1.82, 2.24) is 15.5 Å². The molecular formula is C20H32N4OS. The molecule has 0 bridgehead atoms. The normalized spacial score (nSPS) is 23.5. The molecule has 1 aromatic heterocycles. The molecule has 2 atom stereocenters. The molecule has 2 heterocycles. The van der Waals surface area contributed by atoms with Crippen LogP contribution in [-0.2, 0) is 17.8 Å². The van der Waals surface area contributed by atoms with E-state index in [0.29, 0.717) is 6.54 Å². The molecule has 0 radical (unpaired) electrons. The Bertz CT molecular complexity index is 627. The first kappa shape index (κ1) is 19.2. The van der Waals surface area contributed by atoms with Crippen LogP contribution in [0.2, 0.25) is 0 Å². The summed E-state index contributed by atoms with van der Waals surface area (Å²) in [6, 6.07) is 2.14. The highest BCUT2D eigenvalue weighted by atomic mass is 32.1. The molecule has 144 valence electrons. The van der Waals surface area contributed by atoms with Gasteiger partial charge in [0, 0.05) is 31.6 Å². The molecule has 3 rings (SSSR count). The van der Waals surface area contributed by atoms with Crippen molar-refractivity contribution in [2.75, 3.05) is 26.7 Å². The van der Waals surface area contributed by atoms with Gasteiger partial charge in [-0.05, 0) is 48.1 Å². The fourth-order valence-electron chi connectivity index (χ4n) is 4.17. The minimum Gasteiger partial charge on any atom is -0.356 e. The Morgan fingerprint density at radius 1 is 1.38 bits per heavy atom. The maximum absolute atomic E-state index is 12.5. The van der Waals surface area contributed by atoms with Gasteiger partial charge in [0.25, 0.3) is 0 Å². The average Bonchev–Trinajstić information content (AvgIpc) is 3.12. The Kier molecular flexibility index (Phi) is 6.94. The van der Waals surface area contributed by atoms with Crippen molar-refractivity contribution in [3.8, 4) is 0 Å². The summed E-state index contributed by atoms with van der Waals surface area (Å²) >= 11 is 1.80. The van der Waals surface area contributed by atoms with Gasteiger partial charge in [-0.1, -0.05) is 26.2 Å². The first-order chi connectivity index (χ1) is 12.7. The lowest BCUT2D eigenvalue weighted by Crippen LogP contribution is -2.46. The van der Waals surface area contributed by atoms with Crippen molar-refractivity contribution in [1.29, 1.82) is 0 Å². The number of aliphatic imine (C=N–C) groups is 1. The van der Waals surface area contributed by atoms with Gasteiger partial charge in [0.05, 0.1) is 6.54 Å². The van der Waals surface area contributed by atoms with Crippen LogP contribution in [0.5, 0.6) is 0 Å². The Hall–Kier alpha value is -1.56. The Morgan fingerprint density at radius 3 is 3.08 bits per heavy atom. The molecule has 1 aliphatic carbocycles. The van der Waals surface area contributed by atoms with Gasteiger partial charge in [0.2, 0.25) is 5.91 Å². The molecule has 1 aromatic rings. The summed E-state index contributed by atoms with van der Waals surface area (Å²) in [5.74, 6) is 2.58. The second kappa shape index (κ2) is 9.40. The highest BCUT2D eigenvalue weighted by molar-refractivity contribution is 7.10. The molecule has 2 N–H and O–H groups in total. The van der Waals surface area contributed by atoms with Gasteiger partial charge in [-0.25, -0.2) is 0 Å². The van der Waals surface area contributed by atoms with Crippen molar-refractivity contribution in [3.05, 3.63) is 21.9 Å². The molecule has 1 saturated carbocycles. The van der Waals surface area contributed by atoms with Crippen LogP contribution in [0.3, 0.4) is 0 Å². The summed E-state index contributed by atoms with van der Waals surface area (Å²) in [7, 11) is 1.76. The minimum atomic E-state index is 0.144. The van der Waals surface area contributed by atoms with E-state index >= 15 is 0 Å². The predicted octanol–water partition coefficient (Wildman–Crippen LogP) is 3.01. The number of hydrogen-bond acceptors (Lipinski definition) is 3. The summed E-state index contributed by atoms with van der Waals surface area (Å²) in [5, 5.41) is 8.67. The summed E-state index contributed by atoms with van der Waals surface area (Å²) in [6.45, 7) is 5.16. The largest absolute Gasteiger partial charge is 0.356 e. The molecule has 0 aromatic carbocycles. The van der Waals surface area contributed by atoms with Gasteiger partial charge in [0.15, 0.2) is 5.96 Å². The summed E-state index contributed by atoms with van der Waals surface area (Å²) in [5.41, 5.74) is 1.30. The zero-order valence-corrected chi connectivity index (χ0v) is 16.9. The van der Waals surface area contributed by atoms with Crippen LogP contribution >= 0.6 is 11.3 Å². The van der Waals surface area contributed by atoms with Crippen molar-refractivity contribution in [2.24, 2.45) is 16.8 Å². The van der Waals surface area contributed by atoms with Crippen LogP contribution in [0.1, 0.15) is 49.5 Å². The number of guanidine groups is 1. The van der Waals surface area contributed by atoms with Gasteiger partial charge < -0.3 is 15.5 Å². The molecule has 26 heavy (non-hydrogen) atoms. The molecular weight excluding hydrogens is 344 g/mol. The van der Waals surface area contributed by atoms with E-state index in [2.05, 4.69) is 34.0 Å². The maximum Gasteiger partial charge on any atom is 0.242 e. The standard InChI is InChI=1S/C20H32N4OS/c1-15-4-3-5-16(12-15)6-9-22-20(21-2)23-13-19(25)24-10-7-18-17(14-24)8-11-26-18/h8,11,15-16H,3-7,9-10,12-14H2,1-2H3,(H2,21,22,23). The highest BCUT2D eigenvalue weighted by Crippen LogP contribution is 2.30. The van der Waals surface area contributed by atoms with Crippen molar-refractivity contribution < 1.29 is 4.79 Å². The molecule has 1 aliphatic heterocycles. The topological polar surface area (TPSA) is 56.7 Å². The van der Waals surface area contributed by atoms with Crippen LogP contribution in [0.25, 0.3) is 0 Å². The molecule has 1 fully saturated rings. The van der Waals surface area contributed by atoms with E-state index in [1.54, 1.807) is 18.4 Å². The fourth-order valence-corrected chi connectivity index (χ4v) is 5.06. The third-order valence-corrected chi connectivity index (χ3v) is 6.70. The second-order valence-electron chi connectivity index (χ2n) is 7.71. The molecule has 2 aliphatic rings. The van der Waals surface area contributed by atoms with Crippen LogP contribution in [0.4, 0.5) is 0 Å². The maximum atomic E-state index is 12.5. The number of carbonyl (C=O) groups is 1. The number of carbonyl (C=O) groups excluding carboxylic acids is 1. The van der Waals surface area contributed by atoms with Crippen molar-refractivity contribution in [3.63, 3.8) is 0 Å². The number of hydrogen-bond donors (Lipinski definition) is 2. The first-order valence-corrected chi connectivity index (χ1v) is 10.8. The monoisotopic (exact) mass is 376 g/mol. The number of thiophene rings is 1. The Morgan fingerprint density at radius 2 is 2.27 bits per heavy atom. The minimum absolute atomic E-state index is 0.144. The van der Waals surface area contributed by atoms with Crippen molar-refractivity contribution in [2.45, 2.75) is 52.0 Å². The number of rotatable bonds is 5. The molecule has 1 amide bonds. The van der Waals surface area contributed by atoms with E-state index in [-0.39, 0.29) is 5.91 Å². The lowest BCUT2D eigenvalue weighted by atomic mass is 9.81. The molecule has 0 saturated heterocycles. The highest BCUT2D eigenvalue weighted by Gasteiger charge is 2.21. The van der Waals surface area contributed by atoms with E-state index < -0.39 is 0 Å². The third-order valence-electron chi connectivity index (χ3n) is 5.68. The van der Waals surface area contributed by atoms with E-state index in [1.807, 2.05) is 4.90 Å². The van der Waals surface area contributed by atoms with Gasteiger partial charge in [-0.2, -0.15) is 0 Å². The predicted molar refractivity (Wildman–Crippen MR) is 109 cm³/mol. The third kappa shape index (κ3) is 5.22. The molecule has 2 unspecified atom stereocenters. The van der Waals surface area contributed by atoms with Crippen LogP contribution < -0.4 is 10.6 Å². The first-order valence-electron chi connectivity index (χ1n) is 9.93. The lowest BCUT2D eigenvalue weighted by Gasteiger charge is -2.28. The fraction of sp³-hybridized carbons (Fsp3) is 0.700. The Balaban J connectivity index is 1.36. The van der Waals surface area contributed by atoms with Crippen molar-refractivity contribution >= 4 is 23.2 Å². The van der Waals surface area contributed by atoms with Gasteiger partial charge in [-0.3, -0.25) is 9.79 Å². The zero-order chi connectivity index (χ0) is 18.4. The average molecular weight is 377 g/mol. The number of fused-ring (bicyclic) bond motifs is 1.